The Labute approximate surface area is 228 Å². The van der Waals surface area contributed by atoms with Gasteiger partial charge >= 0.3 is 11.9 Å². The van der Waals surface area contributed by atoms with Crippen LogP contribution >= 0.6 is 0 Å². The number of benzene rings is 4. The molecule has 0 atom stereocenters. The maximum absolute atomic E-state index is 12.9. The third-order valence-electron chi connectivity index (χ3n) is 6.07. The summed E-state index contributed by atoms with van der Waals surface area (Å²) in [5, 5.41) is 31.2. The first kappa shape index (κ1) is 25.1. The van der Waals surface area contributed by atoms with Crippen molar-refractivity contribution in [3.8, 4) is 5.75 Å². The molecule has 0 fully saturated rings. The zero-order valence-corrected chi connectivity index (χ0v) is 21.2. The predicted octanol–water partition coefficient (Wildman–Crippen LogP) is 5.03. The Balaban J connectivity index is 0.00000304. The molecule has 1 aliphatic carbocycles. The molecular formula is C29H18NaO6. The second kappa shape index (κ2) is 9.95. The number of allylic oxidation sites excluding steroid dienone is 2. The van der Waals surface area contributed by atoms with E-state index in [0.29, 0.717) is 38.6 Å². The predicted molar refractivity (Wildman–Crippen MR) is 137 cm³/mol. The number of carboxylic acid groups (broad SMARTS) is 2. The van der Waals surface area contributed by atoms with Crippen LogP contribution in [0.3, 0.4) is 0 Å². The number of aromatic hydroxyl groups is 1. The van der Waals surface area contributed by atoms with Crippen LogP contribution in [0.15, 0.2) is 96.6 Å². The van der Waals surface area contributed by atoms with Crippen molar-refractivity contribution in [2.24, 2.45) is 0 Å². The van der Waals surface area contributed by atoms with Crippen LogP contribution < -0.4 is 0 Å². The molecule has 4 aromatic carbocycles. The molecule has 4 aromatic rings. The minimum absolute atomic E-state index is 0. The van der Waals surface area contributed by atoms with Gasteiger partial charge in [-0.1, -0.05) is 78.9 Å². The quantitative estimate of drug-likeness (QED) is 0.276. The number of rotatable bonds is 4. The Hall–Kier alpha value is -3.97. The summed E-state index contributed by atoms with van der Waals surface area (Å²) in [5.41, 5.74) is 2.32. The van der Waals surface area contributed by atoms with Crippen LogP contribution in [-0.4, -0.2) is 62.6 Å². The van der Waals surface area contributed by atoms with E-state index in [-0.39, 0.29) is 52.0 Å². The number of Topliss-reactive ketones (excluding diaryl/α,β-unsaturated/α-hetero) is 1. The molecule has 5 rings (SSSR count). The number of aromatic carboxylic acids is 1. The number of aliphatic carboxylic acids is 1. The van der Waals surface area contributed by atoms with E-state index in [2.05, 4.69) is 0 Å². The Bertz CT molecular complexity index is 1620. The number of carbonyl (C=O) groups is 3. The first-order valence-electron chi connectivity index (χ1n) is 10.8. The van der Waals surface area contributed by atoms with E-state index in [1.54, 1.807) is 48.5 Å². The van der Waals surface area contributed by atoms with Crippen LogP contribution in [0.5, 0.6) is 5.75 Å². The summed E-state index contributed by atoms with van der Waals surface area (Å²) in [6, 6.07) is 24.1. The van der Waals surface area contributed by atoms with Gasteiger partial charge in [0.2, 0.25) is 5.78 Å². The minimum atomic E-state index is -1.35. The smallest absolute Gasteiger partial charge is 0.339 e. The van der Waals surface area contributed by atoms with Gasteiger partial charge in [0.25, 0.3) is 0 Å². The van der Waals surface area contributed by atoms with Gasteiger partial charge in [0.1, 0.15) is 16.9 Å². The fourth-order valence-electron chi connectivity index (χ4n) is 4.51. The molecule has 1 radical (unpaired) electrons. The first-order chi connectivity index (χ1) is 16.9. The average molecular weight is 485 g/mol. The fourth-order valence-corrected chi connectivity index (χ4v) is 4.51. The Kier molecular flexibility index (Phi) is 6.95. The molecule has 0 aromatic heterocycles. The topological polar surface area (TPSA) is 112 Å². The molecular weight excluding hydrogens is 467 g/mol. The Morgan fingerprint density at radius 2 is 1.25 bits per heavy atom. The third kappa shape index (κ3) is 4.16. The van der Waals surface area contributed by atoms with Crippen molar-refractivity contribution in [3.05, 3.63) is 124 Å². The van der Waals surface area contributed by atoms with E-state index in [0.717, 1.165) is 0 Å². The van der Waals surface area contributed by atoms with Gasteiger partial charge in [0, 0.05) is 40.5 Å². The van der Waals surface area contributed by atoms with E-state index < -0.39 is 17.7 Å². The molecule has 0 amide bonds. The van der Waals surface area contributed by atoms with Gasteiger partial charge in [-0.3, -0.25) is 4.79 Å². The number of fused-ring (bicyclic) bond motifs is 2. The summed E-state index contributed by atoms with van der Waals surface area (Å²) in [5.74, 6) is -3.59. The van der Waals surface area contributed by atoms with Crippen molar-refractivity contribution in [2.45, 2.75) is 0 Å². The van der Waals surface area contributed by atoms with Crippen LogP contribution in [0.4, 0.5) is 0 Å². The monoisotopic (exact) mass is 485 g/mol. The Morgan fingerprint density at radius 3 is 1.89 bits per heavy atom. The van der Waals surface area contributed by atoms with Crippen molar-refractivity contribution in [1.29, 1.82) is 0 Å². The molecule has 36 heavy (non-hydrogen) atoms. The molecule has 0 bridgehead atoms. The second-order valence-corrected chi connectivity index (χ2v) is 8.06. The molecule has 171 valence electrons. The van der Waals surface area contributed by atoms with Gasteiger partial charge < -0.3 is 15.3 Å². The van der Waals surface area contributed by atoms with E-state index in [1.807, 2.05) is 30.3 Å². The van der Waals surface area contributed by atoms with Crippen LogP contribution in [0.25, 0.3) is 21.9 Å². The average Bonchev–Trinajstić information content (AvgIpc) is 2.87. The van der Waals surface area contributed by atoms with Crippen molar-refractivity contribution < 1.29 is 29.7 Å². The van der Waals surface area contributed by atoms with Crippen molar-refractivity contribution >= 4 is 69.2 Å². The number of phenols is 1. The standard InChI is InChI=1S/C29H18O6.Na/c30-26-19-12-6-4-10-17(19)21(14-23(26)28(32)33)25(16-8-2-1-3-9-16)22-15-24(29(34)35)27(31)20-13-7-5-11-18(20)22;/h1-15,30H,(H,32,33)(H,34,35);/b25-22-;. The molecule has 3 N–H and O–H groups in total. The van der Waals surface area contributed by atoms with Gasteiger partial charge in [0.15, 0.2) is 0 Å². The number of hydrogen-bond donors (Lipinski definition) is 3. The van der Waals surface area contributed by atoms with E-state index in [1.165, 1.54) is 12.1 Å². The summed E-state index contributed by atoms with van der Waals surface area (Å²) in [6.45, 7) is 0. The third-order valence-corrected chi connectivity index (χ3v) is 6.07. The molecule has 0 unspecified atom stereocenters. The molecule has 0 saturated carbocycles. The van der Waals surface area contributed by atoms with Gasteiger partial charge in [-0.2, -0.15) is 0 Å². The van der Waals surface area contributed by atoms with Gasteiger partial charge in [-0.05, 0) is 45.4 Å². The largest absolute Gasteiger partial charge is 0.506 e. The van der Waals surface area contributed by atoms with Crippen molar-refractivity contribution in [2.75, 3.05) is 0 Å². The van der Waals surface area contributed by atoms with E-state index in [9.17, 15) is 29.7 Å². The summed E-state index contributed by atoms with van der Waals surface area (Å²) in [7, 11) is 0. The van der Waals surface area contributed by atoms with Gasteiger partial charge in [0.05, 0.1) is 0 Å². The first-order valence-corrected chi connectivity index (χ1v) is 10.8. The molecule has 0 saturated heterocycles. The summed E-state index contributed by atoms with van der Waals surface area (Å²) in [6.07, 6.45) is 1.34. The normalized spacial score (nSPS) is 13.9. The Morgan fingerprint density at radius 1 is 0.667 bits per heavy atom. The molecule has 7 heteroatoms. The van der Waals surface area contributed by atoms with Crippen LogP contribution in [0.1, 0.15) is 37.4 Å². The second-order valence-electron chi connectivity index (χ2n) is 8.06. The SMILES string of the molecule is O=C(O)C1=C/C(=C(\c2ccccc2)c2cc(C(=O)O)c(O)c3ccccc23)c2ccccc2C1=O.[Na]. The van der Waals surface area contributed by atoms with Crippen molar-refractivity contribution in [3.63, 3.8) is 0 Å². The van der Waals surface area contributed by atoms with Crippen LogP contribution in [0.2, 0.25) is 0 Å². The van der Waals surface area contributed by atoms with E-state index in [4.69, 9.17) is 0 Å². The summed E-state index contributed by atoms with van der Waals surface area (Å²) in [4.78, 5) is 36.9. The zero-order valence-electron chi connectivity index (χ0n) is 19.2. The summed E-state index contributed by atoms with van der Waals surface area (Å²) >= 11 is 0. The molecule has 0 heterocycles. The maximum atomic E-state index is 12.9. The van der Waals surface area contributed by atoms with Crippen LogP contribution in [-0.2, 0) is 4.79 Å². The number of ketones is 1. The number of carbonyl (C=O) groups excluding carboxylic acids is 1. The maximum Gasteiger partial charge on any atom is 0.339 e. The van der Waals surface area contributed by atoms with Gasteiger partial charge in [-0.15, -0.1) is 0 Å². The molecule has 0 aliphatic heterocycles. The summed E-state index contributed by atoms with van der Waals surface area (Å²) < 4.78 is 0. The number of hydrogen-bond acceptors (Lipinski definition) is 4. The van der Waals surface area contributed by atoms with E-state index >= 15 is 0 Å². The number of carboxylic acids is 2. The molecule has 1 aliphatic rings. The van der Waals surface area contributed by atoms with Crippen LogP contribution in [0, 0.1) is 0 Å². The molecule has 6 nitrogen and oxygen atoms in total. The fraction of sp³-hybridized carbons (Fsp3) is 0. The minimum Gasteiger partial charge on any atom is -0.506 e. The van der Waals surface area contributed by atoms with Gasteiger partial charge in [-0.25, -0.2) is 9.59 Å². The van der Waals surface area contributed by atoms with Crippen molar-refractivity contribution in [1.82, 2.24) is 0 Å². The zero-order chi connectivity index (χ0) is 24.7. The molecule has 0 spiro atoms.